The van der Waals surface area contributed by atoms with Crippen LogP contribution in [0.25, 0.3) is 0 Å². The van der Waals surface area contributed by atoms with Crippen LogP contribution < -0.4 is 14.5 Å². The molecule has 0 aromatic heterocycles. The summed E-state index contributed by atoms with van der Waals surface area (Å²) in [5.41, 5.74) is 3.07. The largest absolute Gasteiger partial charge is 0.457 e. The summed E-state index contributed by atoms with van der Waals surface area (Å²) in [6.07, 6.45) is 10.9. The van der Waals surface area contributed by atoms with Gasteiger partial charge in [0.25, 0.3) is 11.8 Å². The highest BCUT2D eigenvalue weighted by atomic mass is 16.5. The predicted octanol–water partition coefficient (Wildman–Crippen LogP) is 9.44. The molecule has 0 saturated heterocycles. The van der Waals surface area contributed by atoms with Crippen molar-refractivity contribution in [2.75, 3.05) is 9.80 Å². The van der Waals surface area contributed by atoms with E-state index in [9.17, 15) is 9.59 Å². The first-order valence-corrected chi connectivity index (χ1v) is 15.8. The zero-order valence-corrected chi connectivity index (χ0v) is 24.7. The van der Waals surface area contributed by atoms with Gasteiger partial charge in [0.1, 0.15) is 11.5 Å². The van der Waals surface area contributed by atoms with Crippen LogP contribution >= 0.6 is 0 Å². The van der Waals surface area contributed by atoms with E-state index in [1.54, 1.807) is 0 Å². The van der Waals surface area contributed by atoms with Gasteiger partial charge in [-0.05, 0) is 74.2 Å². The van der Waals surface area contributed by atoms with Crippen molar-refractivity contribution >= 4 is 23.2 Å². The van der Waals surface area contributed by atoms with E-state index in [2.05, 4.69) is 0 Å². The lowest BCUT2D eigenvalue weighted by Crippen LogP contribution is -2.41. The normalized spacial score (nSPS) is 15.9. The minimum absolute atomic E-state index is 0.0224. The van der Waals surface area contributed by atoms with Gasteiger partial charge in [-0.25, -0.2) is 0 Å². The molecule has 2 aliphatic rings. The standard InChI is InChI=1S/C38H40N2O3/c41-37(29-15-5-1-6-16-29)39(31-19-9-3-10-20-31)33-23-13-25-35(27-33)43-36-26-14-24-34(28-36)40(32-21-11-4-12-22-32)38(42)30-17-7-2-8-18-30/h1-2,5-8,13-18,23-28,31-32H,3-4,9-12,19-22H2. The Morgan fingerprint density at radius 3 is 1.28 bits per heavy atom. The Morgan fingerprint density at radius 2 is 0.884 bits per heavy atom. The number of hydrogen-bond acceptors (Lipinski definition) is 3. The van der Waals surface area contributed by atoms with Gasteiger partial charge in [-0.15, -0.1) is 0 Å². The van der Waals surface area contributed by atoms with Gasteiger partial charge in [0.2, 0.25) is 0 Å². The Kier molecular flexibility index (Phi) is 9.17. The molecule has 43 heavy (non-hydrogen) atoms. The van der Waals surface area contributed by atoms with E-state index in [4.69, 9.17) is 4.74 Å². The Hall–Kier alpha value is -4.38. The minimum atomic E-state index is 0.0224. The van der Waals surface area contributed by atoms with E-state index >= 15 is 0 Å². The maximum atomic E-state index is 13.8. The van der Waals surface area contributed by atoms with E-state index in [-0.39, 0.29) is 23.9 Å². The van der Waals surface area contributed by atoms with E-state index < -0.39 is 0 Å². The predicted molar refractivity (Wildman–Crippen MR) is 173 cm³/mol. The summed E-state index contributed by atoms with van der Waals surface area (Å²) in [6, 6.07) is 35.1. The highest BCUT2D eigenvalue weighted by Crippen LogP contribution is 2.35. The lowest BCUT2D eigenvalue weighted by atomic mass is 9.93. The Bertz CT molecular complexity index is 1390. The van der Waals surface area contributed by atoms with E-state index in [1.807, 2.05) is 119 Å². The van der Waals surface area contributed by atoms with Crippen LogP contribution in [-0.4, -0.2) is 23.9 Å². The van der Waals surface area contributed by atoms with Crippen LogP contribution in [0.3, 0.4) is 0 Å². The maximum absolute atomic E-state index is 13.8. The third kappa shape index (κ3) is 6.83. The van der Waals surface area contributed by atoms with Gasteiger partial charge in [0, 0.05) is 46.7 Å². The number of rotatable bonds is 8. The van der Waals surface area contributed by atoms with Crippen LogP contribution in [0.2, 0.25) is 0 Å². The van der Waals surface area contributed by atoms with Crippen LogP contribution in [0.15, 0.2) is 109 Å². The van der Waals surface area contributed by atoms with Crippen LogP contribution in [0, 0.1) is 0 Å². The van der Waals surface area contributed by atoms with E-state index in [0.29, 0.717) is 22.6 Å². The van der Waals surface area contributed by atoms with Gasteiger partial charge in [0.15, 0.2) is 0 Å². The third-order valence-electron chi connectivity index (χ3n) is 8.79. The number of amides is 2. The van der Waals surface area contributed by atoms with Crippen LogP contribution in [0.1, 0.15) is 84.9 Å². The number of carbonyl (C=O) groups excluding carboxylic acids is 2. The molecule has 5 heteroatoms. The number of ether oxygens (including phenoxy) is 1. The molecular formula is C38H40N2O3. The fourth-order valence-electron chi connectivity index (χ4n) is 6.64. The highest BCUT2D eigenvalue weighted by molar-refractivity contribution is 6.07. The molecule has 4 aromatic carbocycles. The van der Waals surface area contributed by atoms with Crippen molar-refractivity contribution in [1.82, 2.24) is 0 Å². The molecule has 4 aromatic rings. The molecule has 0 N–H and O–H groups in total. The minimum Gasteiger partial charge on any atom is -0.457 e. The lowest BCUT2D eigenvalue weighted by Gasteiger charge is -2.35. The number of anilines is 2. The van der Waals surface area contributed by atoms with Crippen molar-refractivity contribution in [3.8, 4) is 11.5 Å². The average Bonchev–Trinajstić information content (AvgIpc) is 3.07. The molecule has 0 radical (unpaired) electrons. The van der Waals surface area contributed by atoms with Crippen molar-refractivity contribution in [3.05, 3.63) is 120 Å². The summed E-state index contributed by atoms with van der Waals surface area (Å²) < 4.78 is 6.43. The van der Waals surface area contributed by atoms with Gasteiger partial charge in [0.05, 0.1) is 0 Å². The second kappa shape index (κ2) is 13.7. The van der Waals surface area contributed by atoms with Gasteiger partial charge in [-0.2, -0.15) is 0 Å². The van der Waals surface area contributed by atoms with Gasteiger partial charge >= 0.3 is 0 Å². The fourth-order valence-corrected chi connectivity index (χ4v) is 6.64. The molecule has 2 amide bonds. The number of hydrogen-bond donors (Lipinski definition) is 0. The molecular weight excluding hydrogens is 532 g/mol. The molecule has 0 bridgehead atoms. The van der Waals surface area contributed by atoms with Crippen molar-refractivity contribution in [2.45, 2.75) is 76.3 Å². The molecule has 0 atom stereocenters. The van der Waals surface area contributed by atoms with Gasteiger partial charge in [-0.3, -0.25) is 9.59 Å². The molecule has 2 fully saturated rings. The van der Waals surface area contributed by atoms with Crippen molar-refractivity contribution in [2.24, 2.45) is 0 Å². The van der Waals surface area contributed by atoms with Crippen LogP contribution in [0.4, 0.5) is 11.4 Å². The average molecular weight is 573 g/mol. The van der Waals surface area contributed by atoms with Crippen molar-refractivity contribution in [3.63, 3.8) is 0 Å². The SMILES string of the molecule is O=C(c1ccccc1)N(c1cccc(Oc2cccc(N(C(=O)c3ccccc3)C3CCCCC3)c2)c1)C1CCCCC1. The summed E-state index contributed by atoms with van der Waals surface area (Å²) >= 11 is 0. The Balaban J connectivity index is 1.28. The molecule has 0 spiro atoms. The number of carbonyl (C=O) groups is 2. The molecule has 220 valence electrons. The first-order chi connectivity index (χ1) is 21.2. The maximum Gasteiger partial charge on any atom is 0.258 e. The van der Waals surface area contributed by atoms with Crippen molar-refractivity contribution < 1.29 is 14.3 Å². The molecule has 5 nitrogen and oxygen atoms in total. The summed E-state index contributed by atoms with van der Waals surface area (Å²) in [5.74, 6) is 1.37. The topological polar surface area (TPSA) is 49.9 Å². The summed E-state index contributed by atoms with van der Waals surface area (Å²) in [7, 11) is 0. The second-order valence-corrected chi connectivity index (χ2v) is 11.8. The molecule has 2 saturated carbocycles. The van der Waals surface area contributed by atoms with Gasteiger partial charge in [-0.1, -0.05) is 87.1 Å². The highest BCUT2D eigenvalue weighted by Gasteiger charge is 2.29. The zero-order chi connectivity index (χ0) is 29.4. The van der Waals surface area contributed by atoms with Crippen LogP contribution in [-0.2, 0) is 0 Å². The quantitative estimate of drug-likeness (QED) is 0.211. The lowest BCUT2D eigenvalue weighted by molar-refractivity contribution is 0.0962. The Morgan fingerprint density at radius 1 is 0.488 bits per heavy atom. The van der Waals surface area contributed by atoms with Crippen molar-refractivity contribution in [1.29, 1.82) is 0 Å². The molecule has 0 heterocycles. The van der Waals surface area contributed by atoms with Crippen LogP contribution in [0.5, 0.6) is 11.5 Å². The summed E-state index contributed by atoms with van der Waals surface area (Å²) in [6.45, 7) is 0. The first kappa shape index (κ1) is 28.7. The molecule has 0 unspecified atom stereocenters. The number of benzene rings is 4. The van der Waals surface area contributed by atoms with E-state index in [0.717, 1.165) is 62.7 Å². The summed E-state index contributed by atoms with van der Waals surface area (Å²) in [4.78, 5) is 31.6. The summed E-state index contributed by atoms with van der Waals surface area (Å²) in [5, 5.41) is 0. The molecule has 6 rings (SSSR count). The second-order valence-electron chi connectivity index (χ2n) is 11.8. The monoisotopic (exact) mass is 572 g/mol. The zero-order valence-electron chi connectivity index (χ0n) is 24.7. The molecule has 2 aliphatic carbocycles. The van der Waals surface area contributed by atoms with E-state index in [1.165, 1.54) is 12.8 Å². The van der Waals surface area contributed by atoms with Gasteiger partial charge < -0.3 is 14.5 Å². The third-order valence-corrected chi connectivity index (χ3v) is 8.79. The molecule has 0 aliphatic heterocycles. The first-order valence-electron chi connectivity index (χ1n) is 15.8. The fraction of sp³-hybridized carbons (Fsp3) is 0.316. The number of nitrogens with zero attached hydrogens (tertiary/aromatic N) is 2. The Labute approximate surface area is 255 Å². The smallest absolute Gasteiger partial charge is 0.258 e.